The summed E-state index contributed by atoms with van der Waals surface area (Å²) in [5.74, 6) is 0.532. The van der Waals surface area contributed by atoms with Crippen molar-refractivity contribution in [3.63, 3.8) is 0 Å². The molecule has 0 unspecified atom stereocenters. The van der Waals surface area contributed by atoms with Gasteiger partial charge in [-0.25, -0.2) is 8.42 Å². The molecule has 1 heterocycles. The van der Waals surface area contributed by atoms with Crippen LogP contribution in [0.25, 0.3) is 0 Å². The second-order valence-corrected chi connectivity index (χ2v) is 7.88. The Labute approximate surface area is 128 Å². The highest BCUT2D eigenvalue weighted by molar-refractivity contribution is 7.89. The van der Waals surface area contributed by atoms with Crippen LogP contribution in [0.2, 0.25) is 0 Å². The first-order valence-electron chi connectivity index (χ1n) is 6.17. The van der Waals surface area contributed by atoms with Gasteiger partial charge >= 0.3 is 0 Å². The Bertz CT molecular complexity index is 636. The lowest BCUT2D eigenvalue weighted by Gasteiger charge is -2.16. The van der Waals surface area contributed by atoms with Crippen LogP contribution < -0.4 is 0 Å². The van der Waals surface area contributed by atoms with E-state index in [2.05, 4.69) is 0 Å². The number of halogens is 1. The van der Waals surface area contributed by atoms with E-state index < -0.39 is 10.0 Å². The normalized spacial score (nSPS) is 11.9. The highest BCUT2D eigenvalue weighted by Gasteiger charge is 2.20. The van der Waals surface area contributed by atoms with Gasteiger partial charge < -0.3 is 0 Å². The van der Waals surface area contributed by atoms with Gasteiger partial charge in [0, 0.05) is 24.3 Å². The van der Waals surface area contributed by atoms with E-state index in [1.54, 1.807) is 30.5 Å². The van der Waals surface area contributed by atoms with Gasteiger partial charge in [0.2, 0.25) is 10.0 Å². The predicted molar refractivity (Wildman–Crippen MR) is 83.8 cm³/mol. The molecule has 20 heavy (non-hydrogen) atoms. The van der Waals surface area contributed by atoms with Crippen molar-refractivity contribution in [2.45, 2.75) is 17.9 Å². The second kappa shape index (κ2) is 6.72. The summed E-state index contributed by atoms with van der Waals surface area (Å²) < 4.78 is 26.2. The number of hydrogen-bond donors (Lipinski definition) is 0. The minimum absolute atomic E-state index is 0.315. The Kier molecular flexibility index (Phi) is 5.21. The van der Waals surface area contributed by atoms with E-state index in [-0.39, 0.29) is 0 Å². The van der Waals surface area contributed by atoms with Crippen LogP contribution in [0.5, 0.6) is 0 Å². The predicted octanol–water partition coefficient (Wildman–Crippen LogP) is 3.35. The molecule has 0 radical (unpaired) electrons. The molecule has 0 atom stereocenters. The molecule has 0 bridgehead atoms. The number of nitrogens with zero attached hydrogens (tertiary/aromatic N) is 1. The van der Waals surface area contributed by atoms with Crippen molar-refractivity contribution in [3.05, 3.63) is 52.2 Å². The van der Waals surface area contributed by atoms with Crippen molar-refractivity contribution in [2.75, 3.05) is 12.9 Å². The standard InChI is InChI=1S/C14H16ClNO2S2/c1-16(11-13-3-2-10-19-13)20(17,18)14-6-4-12(5-7-14)8-9-15/h2-7,10H,8-9,11H2,1H3. The van der Waals surface area contributed by atoms with Crippen molar-refractivity contribution in [3.8, 4) is 0 Å². The number of benzene rings is 1. The average Bonchev–Trinajstić information content (AvgIpc) is 2.92. The van der Waals surface area contributed by atoms with Crippen LogP contribution in [0.3, 0.4) is 0 Å². The van der Waals surface area contributed by atoms with Crippen molar-refractivity contribution >= 4 is 33.0 Å². The van der Waals surface area contributed by atoms with Crippen LogP contribution in [0.4, 0.5) is 0 Å². The van der Waals surface area contributed by atoms with Gasteiger partial charge in [-0.05, 0) is 35.6 Å². The van der Waals surface area contributed by atoms with Crippen molar-refractivity contribution in [1.82, 2.24) is 4.31 Å². The lowest BCUT2D eigenvalue weighted by molar-refractivity contribution is 0.469. The molecule has 2 aromatic rings. The number of rotatable bonds is 6. The Hall–Kier alpha value is -0.880. The van der Waals surface area contributed by atoms with Gasteiger partial charge in [0.15, 0.2) is 0 Å². The molecule has 0 saturated heterocycles. The van der Waals surface area contributed by atoms with Crippen LogP contribution in [0.15, 0.2) is 46.7 Å². The minimum atomic E-state index is -3.44. The Balaban J connectivity index is 2.16. The van der Waals surface area contributed by atoms with E-state index >= 15 is 0 Å². The summed E-state index contributed by atoms with van der Waals surface area (Å²) in [7, 11) is -1.84. The molecule has 0 aliphatic carbocycles. The number of sulfonamides is 1. The lowest BCUT2D eigenvalue weighted by atomic mass is 10.2. The summed E-state index contributed by atoms with van der Waals surface area (Å²) in [6.07, 6.45) is 0.743. The Morgan fingerprint density at radius 3 is 2.45 bits per heavy atom. The highest BCUT2D eigenvalue weighted by atomic mass is 35.5. The zero-order chi connectivity index (χ0) is 14.6. The molecule has 3 nitrogen and oxygen atoms in total. The van der Waals surface area contributed by atoms with Crippen LogP contribution in [-0.4, -0.2) is 25.7 Å². The summed E-state index contributed by atoms with van der Waals surface area (Å²) in [6.45, 7) is 0.392. The third kappa shape index (κ3) is 3.61. The first kappa shape index (κ1) is 15.5. The molecule has 0 N–H and O–H groups in total. The largest absolute Gasteiger partial charge is 0.243 e. The quantitative estimate of drug-likeness (QED) is 0.762. The summed E-state index contributed by atoms with van der Waals surface area (Å²) in [5, 5.41) is 1.94. The number of thiophene rings is 1. The van der Waals surface area contributed by atoms with Gasteiger partial charge in [-0.15, -0.1) is 22.9 Å². The first-order valence-corrected chi connectivity index (χ1v) is 9.03. The summed E-state index contributed by atoms with van der Waals surface area (Å²) in [6, 6.07) is 10.8. The van der Waals surface area contributed by atoms with Crippen molar-refractivity contribution < 1.29 is 8.42 Å². The highest BCUT2D eigenvalue weighted by Crippen LogP contribution is 2.19. The van der Waals surface area contributed by atoms with E-state index in [1.807, 2.05) is 29.6 Å². The topological polar surface area (TPSA) is 37.4 Å². The van der Waals surface area contributed by atoms with Crippen LogP contribution >= 0.6 is 22.9 Å². The van der Waals surface area contributed by atoms with E-state index in [9.17, 15) is 8.42 Å². The third-order valence-corrected chi connectivity index (χ3v) is 5.84. The Morgan fingerprint density at radius 1 is 1.20 bits per heavy atom. The molecular weight excluding hydrogens is 314 g/mol. The second-order valence-electron chi connectivity index (χ2n) is 4.42. The van der Waals surface area contributed by atoms with Gasteiger partial charge in [-0.1, -0.05) is 18.2 Å². The molecule has 1 aromatic heterocycles. The molecule has 1 aromatic carbocycles. The average molecular weight is 330 g/mol. The number of hydrogen-bond acceptors (Lipinski definition) is 3. The maximum absolute atomic E-state index is 12.4. The van der Waals surface area contributed by atoms with Crippen LogP contribution in [0.1, 0.15) is 10.4 Å². The first-order chi connectivity index (χ1) is 9.54. The van der Waals surface area contributed by atoms with Gasteiger partial charge in [-0.2, -0.15) is 4.31 Å². The molecule has 0 aliphatic heterocycles. The maximum atomic E-state index is 12.4. The third-order valence-electron chi connectivity index (χ3n) is 2.97. The fourth-order valence-corrected chi connectivity index (χ4v) is 4.03. The van der Waals surface area contributed by atoms with Gasteiger partial charge in [0.25, 0.3) is 0 Å². The zero-order valence-corrected chi connectivity index (χ0v) is 13.5. The molecular formula is C14H16ClNO2S2. The fourth-order valence-electron chi connectivity index (χ4n) is 1.82. The zero-order valence-electron chi connectivity index (χ0n) is 11.1. The van der Waals surface area contributed by atoms with Crippen molar-refractivity contribution in [2.24, 2.45) is 0 Å². The number of aryl methyl sites for hydroxylation is 1. The van der Waals surface area contributed by atoms with Gasteiger partial charge in [0.1, 0.15) is 0 Å². The van der Waals surface area contributed by atoms with E-state index in [4.69, 9.17) is 11.6 Å². The molecule has 108 valence electrons. The monoisotopic (exact) mass is 329 g/mol. The van der Waals surface area contributed by atoms with Gasteiger partial charge in [0.05, 0.1) is 4.90 Å². The van der Waals surface area contributed by atoms with E-state index in [0.717, 1.165) is 16.9 Å². The molecule has 2 rings (SSSR count). The molecule has 0 amide bonds. The van der Waals surface area contributed by atoms with Gasteiger partial charge in [-0.3, -0.25) is 0 Å². The SMILES string of the molecule is CN(Cc1cccs1)S(=O)(=O)c1ccc(CCCl)cc1. The molecule has 0 saturated carbocycles. The number of alkyl halides is 1. The summed E-state index contributed by atoms with van der Waals surface area (Å²) in [5.41, 5.74) is 1.04. The van der Waals surface area contributed by atoms with Crippen LogP contribution in [0, 0.1) is 0 Å². The molecule has 0 spiro atoms. The van der Waals surface area contributed by atoms with E-state index in [1.165, 1.54) is 4.31 Å². The summed E-state index contributed by atoms with van der Waals surface area (Å²) in [4.78, 5) is 1.34. The smallest absolute Gasteiger partial charge is 0.207 e. The molecule has 0 fully saturated rings. The fraction of sp³-hybridized carbons (Fsp3) is 0.286. The molecule has 6 heteroatoms. The summed E-state index contributed by atoms with van der Waals surface area (Å²) >= 11 is 7.22. The molecule has 0 aliphatic rings. The maximum Gasteiger partial charge on any atom is 0.243 e. The Morgan fingerprint density at radius 2 is 1.90 bits per heavy atom. The van der Waals surface area contributed by atoms with Crippen LogP contribution in [-0.2, 0) is 23.0 Å². The minimum Gasteiger partial charge on any atom is -0.207 e. The lowest BCUT2D eigenvalue weighted by Crippen LogP contribution is -2.26. The van der Waals surface area contributed by atoms with Crippen molar-refractivity contribution in [1.29, 1.82) is 0 Å². The van der Waals surface area contributed by atoms with E-state index in [0.29, 0.717) is 17.3 Å².